The number of carbonyl (C=O) groups excluding carboxylic acids is 5. The molecule has 0 atom stereocenters. The standard InChI is InChI=1S/C49H57N11O5S/c1-5-27-66-48-57-44(54-22-20-50)41(51)45(58-48)60(52)30-33-10-8-31(9-11-33)7-6-21-55-46(64)34-18-24-59(25-19-34)26-23-53-40(61)17-13-32-12-15-37-38(28-32)36-16-14-35(56-47(65)49(2,3)4)29-39(36)43(63)42(37)62/h8-12,14-16,28-29,34H,5,18-27,30,50-52H2,1-4H3,(H,53,61)(H,55,64)(H,56,65)(H,54,57,58). The summed E-state index contributed by atoms with van der Waals surface area (Å²) >= 11 is 1.54. The summed E-state index contributed by atoms with van der Waals surface area (Å²) in [7, 11) is 0. The minimum atomic E-state index is -0.650. The maximum Gasteiger partial charge on any atom is 0.296 e. The average molecular weight is 912 g/mol. The SMILES string of the molecule is CCCSc1nc(NCCN)c(N)c(N(N)Cc2ccc(C#CCNC(=O)C3CCN(CCNC(=O)C#Cc4ccc5c(c4)-c4ccc(NC(=O)C(C)(C)C)cc4C(=O)C5=O)CC3)cc2)n1. The van der Waals surface area contributed by atoms with Gasteiger partial charge < -0.3 is 37.6 Å². The number of ketones is 2. The molecule has 0 spiro atoms. The minimum Gasteiger partial charge on any atom is -0.393 e. The molecular formula is C49H57N11O5S. The van der Waals surface area contributed by atoms with Crippen molar-refractivity contribution in [1.29, 1.82) is 0 Å². The van der Waals surface area contributed by atoms with E-state index >= 15 is 0 Å². The van der Waals surface area contributed by atoms with Crippen LogP contribution >= 0.6 is 11.8 Å². The highest BCUT2D eigenvalue weighted by molar-refractivity contribution is 7.99. The molecule has 1 fully saturated rings. The second-order valence-corrected chi connectivity index (χ2v) is 18.1. The number of nitrogens with zero attached hydrogens (tertiary/aromatic N) is 4. The molecule has 3 amide bonds. The molecule has 6 rings (SSSR count). The van der Waals surface area contributed by atoms with E-state index in [4.69, 9.17) is 17.3 Å². The number of aromatic nitrogens is 2. The zero-order valence-corrected chi connectivity index (χ0v) is 38.6. The van der Waals surface area contributed by atoms with Crippen LogP contribution in [0.2, 0.25) is 0 Å². The third-order valence-electron chi connectivity index (χ3n) is 10.9. The molecular weight excluding hydrogens is 855 g/mol. The zero-order valence-electron chi connectivity index (χ0n) is 37.8. The first-order chi connectivity index (χ1) is 31.6. The molecule has 17 heteroatoms. The van der Waals surface area contributed by atoms with Gasteiger partial charge in [-0.25, -0.2) is 15.8 Å². The van der Waals surface area contributed by atoms with Gasteiger partial charge >= 0.3 is 0 Å². The van der Waals surface area contributed by atoms with Crippen LogP contribution in [0.1, 0.15) is 84.4 Å². The Hall–Kier alpha value is -6.76. The molecule has 16 nitrogen and oxygen atoms in total. The second-order valence-electron chi connectivity index (χ2n) is 17.0. The summed E-state index contributed by atoms with van der Waals surface area (Å²) in [5.41, 5.74) is 16.0. The highest BCUT2D eigenvalue weighted by Gasteiger charge is 2.31. The Morgan fingerprint density at radius 1 is 0.879 bits per heavy atom. The van der Waals surface area contributed by atoms with Crippen LogP contribution in [-0.4, -0.2) is 95.7 Å². The van der Waals surface area contributed by atoms with Crippen molar-refractivity contribution in [3.63, 3.8) is 0 Å². The van der Waals surface area contributed by atoms with E-state index in [0.29, 0.717) is 90.4 Å². The fraction of sp³-hybridized carbons (Fsp3) is 0.367. The van der Waals surface area contributed by atoms with Crippen molar-refractivity contribution in [1.82, 2.24) is 25.5 Å². The Balaban J connectivity index is 0.915. The molecule has 2 aliphatic rings. The number of nitrogens with one attached hydrogen (secondary N) is 4. The van der Waals surface area contributed by atoms with E-state index in [1.807, 2.05) is 24.3 Å². The number of fused-ring (bicyclic) bond motifs is 3. The number of Topliss-reactive ketones (excluding diaryl/α,β-unsaturated/α-hetero) is 2. The van der Waals surface area contributed by atoms with Gasteiger partial charge in [0.25, 0.3) is 5.91 Å². The number of nitrogens with two attached hydrogens (primary N) is 3. The van der Waals surface area contributed by atoms with E-state index in [-0.39, 0.29) is 35.4 Å². The summed E-state index contributed by atoms with van der Waals surface area (Å²) in [5.74, 6) is 17.8. The van der Waals surface area contributed by atoms with Crippen LogP contribution in [0.15, 0.2) is 65.8 Å². The predicted octanol–water partition coefficient (Wildman–Crippen LogP) is 4.19. The fourth-order valence-electron chi connectivity index (χ4n) is 7.20. The van der Waals surface area contributed by atoms with Crippen LogP contribution in [0.25, 0.3) is 11.1 Å². The molecule has 0 unspecified atom stereocenters. The highest BCUT2D eigenvalue weighted by Crippen LogP contribution is 2.36. The molecule has 2 heterocycles. The average Bonchev–Trinajstić information content (AvgIpc) is 3.30. The fourth-order valence-corrected chi connectivity index (χ4v) is 7.89. The first-order valence-electron chi connectivity index (χ1n) is 22.0. The third kappa shape index (κ3) is 12.7. The number of benzene rings is 3. The summed E-state index contributed by atoms with van der Waals surface area (Å²) in [6.45, 7) is 11.4. The van der Waals surface area contributed by atoms with E-state index < -0.39 is 22.9 Å². The van der Waals surface area contributed by atoms with Crippen LogP contribution in [0, 0.1) is 35.0 Å². The Kier molecular flexibility index (Phi) is 16.5. The largest absolute Gasteiger partial charge is 0.393 e. The van der Waals surface area contributed by atoms with Gasteiger partial charge in [0.15, 0.2) is 16.8 Å². The summed E-state index contributed by atoms with van der Waals surface area (Å²) in [4.78, 5) is 75.4. The van der Waals surface area contributed by atoms with Gasteiger partial charge in [-0.15, -0.1) is 0 Å². The van der Waals surface area contributed by atoms with Gasteiger partial charge in [0.05, 0.1) is 13.1 Å². The molecule has 4 aromatic rings. The third-order valence-corrected chi connectivity index (χ3v) is 11.9. The lowest BCUT2D eigenvalue weighted by molar-refractivity contribution is -0.126. The number of amides is 3. The van der Waals surface area contributed by atoms with Crippen molar-refractivity contribution >= 4 is 64.1 Å². The molecule has 1 aliphatic heterocycles. The van der Waals surface area contributed by atoms with E-state index in [0.717, 1.165) is 36.4 Å². The number of carbonyl (C=O) groups is 5. The van der Waals surface area contributed by atoms with Gasteiger partial charge in [0.1, 0.15) is 5.69 Å². The van der Waals surface area contributed by atoms with Gasteiger partial charge in [-0.2, -0.15) is 0 Å². The second kappa shape index (κ2) is 22.4. The van der Waals surface area contributed by atoms with Gasteiger partial charge in [-0.1, -0.05) is 75.4 Å². The van der Waals surface area contributed by atoms with E-state index in [1.165, 1.54) is 22.8 Å². The van der Waals surface area contributed by atoms with Crippen molar-refractivity contribution in [2.24, 2.45) is 22.9 Å². The predicted molar refractivity (Wildman–Crippen MR) is 259 cm³/mol. The number of likely N-dealkylation sites (tertiary alicyclic amines) is 1. The van der Waals surface area contributed by atoms with Crippen LogP contribution < -0.4 is 43.6 Å². The van der Waals surface area contributed by atoms with Gasteiger partial charge in [0.2, 0.25) is 23.4 Å². The summed E-state index contributed by atoms with van der Waals surface area (Å²) in [6.07, 6.45) is 2.36. The van der Waals surface area contributed by atoms with E-state index in [1.54, 1.807) is 51.1 Å². The highest BCUT2D eigenvalue weighted by atomic mass is 32.2. The molecule has 1 saturated heterocycles. The molecule has 0 radical (unpaired) electrons. The van der Waals surface area contributed by atoms with Crippen LogP contribution in [0.3, 0.4) is 0 Å². The smallest absolute Gasteiger partial charge is 0.296 e. The maximum absolute atomic E-state index is 13.0. The van der Waals surface area contributed by atoms with Gasteiger partial charge in [-0.3, -0.25) is 29.0 Å². The Bertz CT molecular complexity index is 2600. The van der Waals surface area contributed by atoms with Crippen molar-refractivity contribution in [2.45, 2.75) is 58.7 Å². The van der Waals surface area contributed by atoms with Gasteiger partial charge in [0, 0.05) is 77.1 Å². The molecule has 1 aliphatic carbocycles. The molecule has 0 saturated carbocycles. The Labute approximate surface area is 390 Å². The maximum atomic E-state index is 13.0. The van der Waals surface area contributed by atoms with Crippen molar-refractivity contribution in [3.05, 3.63) is 88.5 Å². The van der Waals surface area contributed by atoms with Crippen LogP contribution in [0.5, 0.6) is 0 Å². The lowest BCUT2D eigenvalue weighted by Crippen LogP contribution is -2.43. The molecule has 66 heavy (non-hydrogen) atoms. The topological polar surface area (TPSA) is 244 Å². The van der Waals surface area contributed by atoms with Crippen molar-refractivity contribution < 1.29 is 24.0 Å². The van der Waals surface area contributed by atoms with E-state index in [2.05, 4.69) is 66.7 Å². The lowest BCUT2D eigenvalue weighted by Gasteiger charge is -2.31. The molecule has 0 bridgehead atoms. The molecule has 344 valence electrons. The number of piperidine rings is 1. The minimum absolute atomic E-state index is 0.0245. The van der Waals surface area contributed by atoms with Crippen LogP contribution in [0.4, 0.5) is 23.0 Å². The number of hydrazine groups is 1. The molecule has 3 aromatic carbocycles. The summed E-state index contributed by atoms with van der Waals surface area (Å²) in [5, 5.41) is 13.8. The lowest BCUT2D eigenvalue weighted by atomic mass is 9.83. The zero-order chi connectivity index (χ0) is 47.4. The summed E-state index contributed by atoms with van der Waals surface area (Å²) < 4.78 is 0. The number of hydrogen-bond donors (Lipinski definition) is 7. The first kappa shape index (κ1) is 48.7. The number of nitrogen functional groups attached to an aromatic ring is 1. The summed E-state index contributed by atoms with van der Waals surface area (Å²) in [6, 6.07) is 17.4. The van der Waals surface area contributed by atoms with E-state index in [9.17, 15) is 24.0 Å². The molecule has 10 N–H and O–H groups in total. The van der Waals surface area contributed by atoms with Crippen molar-refractivity contribution in [2.75, 3.05) is 72.9 Å². The van der Waals surface area contributed by atoms with Crippen molar-refractivity contribution in [3.8, 4) is 34.8 Å². The monoisotopic (exact) mass is 911 g/mol. The first-order valence-corrected chi connectivity index (χ1v) is 23.0. The Morgan fingerprint density at radius 3 is 2.30 bits per heavy atom. The molecule has 1 aromatic heterocycles. The Morgan fingerprint density at radius 2 is 1.59 bits per heavy atom. The quantitative estimate of drug-likeness (QED) is 0.0221. The number of rotatable bonds is 15. The van der Waals surface area contributed by atoms with Crippen LogP contribution in [-0.2, 0) is 20.9 Å². The van der Waals surface area contributed by atoms with Gasteiger partial charge in [-0.05, 0) is 91.5 Å². The number of hydrogen-bond acceptors (Lipinski definition) is 14. The number of thioether (sulfide) groups is 1. The normalized spacial score (nSPS) is 13.5. The number of anilines is 4.